The summed E-state index contributed by atoms with van der Waals surface area (Å²) in [6, 6.07) is 8.74. The van der Waals surface area contributed by atoms with Gasteiger partial charge in [0.1, 0.15) is 5.75 Å². The van der Waals surface area contributed by atoms with Gasteiger partial charge in [0.05, 0.1) is 5.75 Å². The van der Waals surface area contributed by atoms with Crippen LogP contribution in [0, 0.1) is 0 Å². The Morgan fingerprint density at radius 2 is 1.00 bits per heavy atom. The number of hydrogen-bond acceptors (Lipinski definition) is 3. The molecule has 0 fully saturated rings. The number of benzene rings is 1. The standard InChI is InChI=1S/C24H42O3S.K.H/c1-2-3-4-5-6-7-8-9-10-11-12-13-14-15-16-20-23-28(25,26)27-24-21-18-17-19-22-24;;/h17-19,21-22H,2-16,20,23H2,1H3;;. The number of para-hydroxylation sites is 1. The normalized spacial score (nSPS) is 11.2. The van der Waals surface area contributed by atoms with E-state index in [1.165, 1.54) is 83.5 Å². The van der Waals surface area contributed by atoms with Crippen molar-refractivity contribution in [2.75, 3.05) is 5.75 Å². The van der Waals surface area contributed by atoms with Crippen LogP contribution in [0.25, 0.3) is 0 Å². The summed E-state index contributed by atoms with van der Waals surface area (Å²) < 4.78 is 28.9. The second kappa shape index (κ2) is 20.5. The minimum atomic E-state index is -3.45. The van der Waals surface area contributed by atoms with Crippen LogP contribution in [0.4, 0.5) is 0 Å². The predicted molar refractivity (Wildman–Crippen MR) is 128 cm³/mol. The van der Waals surface area contributed by atoms with Crippen LogP contribution in [0.15, 0.2) is 30.3 Å². The molecule has 3 nitrogen and oxygen atoms in total. The fourth-order valence-electron chi connectivity index (χ4n) is 3.49. The van der Waals surface area contributed by atoms with E-state index in [9.17, 15) is 8.42 Å². The number of hydrogen-bond donors (Lipinski definition) is 0. The molecule has 0 aliphatic carbocycles. The quantitative estimate of drug-likeness (QED) is 0.129. The third-order valence-corrected chi connectivity index (χ3v) is 6.45. The molecule has 0 atom stereocenters. The molecule has 0 aliphatic heterocycles. The van der Waals surface area contributed by atoms with Gasteiger partial charge >= 0.3 is 61.5 Å². The van der Waals surface area contributed by atoms with Crippen LogP contribution in [-0.2, 0) is 10.1 Å². The van der Waals surface area contributed by atoms with Gasteiger partial charge in [-0.05, 0) is 18.6 Å². The van der Waals surface area contributed by atoms with E-state index in [0.717, 1.165) is 12.8 Å². The number of rotatable bonds is 19. The van der Waals surface area contributed by atoms with Crippen molar-refractivity contribution in [3.63, 3.8) is 0 Å². The topological polar surface area (TPSA) is 43.4 Å². The van der Waals surface area contributed by atoms with Gasteiger partial charge in [0.15, 0.2) is 0 Å². The molecule has 0 saturated carbocycles. The van der Waals surface area contributed by atoms with Crippen molar-refractivity contribution in [3.05, 3.63) is 30.3 Å². The Hall–Kier alpha value is 0.606. The maximum atomic E-state index is 11.9. The summed E-state index contributed by atoms with van der Waals surface area (Å²) in [5.41, 5.74) is 0. The maximum absolute atomic E-state index is 11.9. The summed E-state index contributed by atoms with van der Waals surface area (Å²) in [5.74, 6) is 0.513. The van der Waals surface area contributed by atoms with Crippen molar-refractivity contribution in [3.8, 4) is 5.75 Å². The van der Waals surface area contributed by atoms with Gasteiger partial charge in [-0.2, -0.15) is 8.42 Å². The zero-order valence-corrected chi connectivity index (χ0v) is 18.9. The summed E-state index contributed by atoms with van der Waals surface area (Å²) in [6.07, 6.45) is 20.6. The average molecular weight is 451 g/mol. The monoisotopic (exact) mass is 450 g/mol. The van der Waals surface area contributed by atoms with Gasteiger partial charge in [0.2, 0.25) is 0 Å². The molecule has 5 heteroatoms. The summed E-state index contributed by atoms with van der Waals surface area (Å²) in [5, 5.41) is 0. The molecular formula is C24H43KO3S. The Kier molecular flexibility index (Phi) is 20.9. The average Bonchev–Trinajstić information content (AvgIpc) is 2.68. The van der Waals surface area contributed by atoms with Crippen LogP contribution in [0.3, 0.4) is 0 Å². The second-order valence-electron chi connectivity index (χ2n) is 7.96. The fourth-order valence-corrected chi connectivity index (χ4v) is 4.54. The van der Waals surface area contributed by atoms with Crippen molar-refractivity contribution in [2.45, 2.75) is 110 Å². The van der Waals surface area contributed by atoms with E-state index in [4.69, 9.17) is 4.18 Å². The van der Waals surface area contributed by atoms with E-state index in [-0.39, 0.29) is 57.1 Å². The van der Waals surface area contributed by atoms with E-state index in [0.29, 0.717) is 12.2 Å². The van der Waals surface area contributed by atoms with Crippen LogP contribution in [-0.4, -0.2) is 65.6 Å². The summed E-state index contributed by atoms with van der Waals surface area (Å²) >= 11 is 0. The Morgan fingerprint density at radius 3 is 1.41 bits per heavy atom. The molecule has 0 spiro atoms. The van der Waals surface area contributed by atoms with Gasteiger partial charge in [-0.3, -0.25) is 0 Å². The van der Waals surface area contributed by atoms with Gasteiger partial charge in [-0.15, -0.1) is 0 Å². The molecule has 0 aromatic heterocycles. The van der Waals surface area contributed by atoms with E-state index in [1.54, 1.807) is 24.3 Å². The first-order valence-electron chi connectivity index (χ1n) is 11.6. The van der Waals surface area contributed by atoms with Crippen molar-refractivity contribution in [2.24, 2.45) is 0 Å². The Labute approximate surface area is 223 Å². The first-order chi connectivity index (χ1) is 13.6. The molecule has 0 aliphatic rings. The third kappa shape index (κ3) is 19.0. The Morgan fingerprint density at radius 1 is 0.621 bits per heavy atom. The molecular weight excluding hydrogens is 407 g/mol. The van der Waals surface area contributed by atoms with E-state index >= 15 is 0 Å². The Bertz CT molecular complexity index is 561. The van der Waals surface area contributed by atoms with Gasteiger partial charge < -0.3 is 4.18 Å². The first kappa shape index (κ1) is 29.6. The van der Waals surface area contributed by atoms with E-state index < -0.39 is 10.1 Å². The van der Waals surface area contributed by atoms with Crippen LogP contribution in [0.1, 0.15) is 110 Å². The minimum absolute atomic E-state index is 0. The van der Waals surface area contributed by atoms with Gasteiger partial charge in [-0.25, -0.2) is 0 Å². The third-order valence-electron chi connectivity index (χ3n) is 5.21. The summed E-state index contributed by atoms with van der Waals surface area (Å²) in [6.45, 7) is 2.27. The van der Waals surface area contributed by atoms with Crippen LogP contribution < -0.4 is 4.18 Å². The molecule has 0 amide bonds. The molecule has 29 heavy (non-hydrogen) atoms. The van der Waals surface area contributed by atoms with E-state index in [2.05, 4.69) is 6.92 Å². The molecule has 0 heterocycles. The Balaban J connectivity index is 0.00000784. The predicted octanol–water partition coefficient (Wildman–Crippen LogP) is 7.01. The SMILES string of the molecule is CCCCCCCCCCCCCCCCCCS(=O)(=O)Oc1ccccc1.[KH]. The summed E-state index contributed by atoms with van der Waals surface area (Å²) in [7, 11) is -3.45. The van der Waals surface area contributed by atoms with Gasteiger partial charge in [0.25, 0.3) is 0 Å². The van der Waals surface area contributed by atoms with Gasteiger partial charge in [-0.1, -0.05) is 121 Å². The van der Waals surface area contributed by atoms with E-state index in [1.807, 2.05) is 6.07 Å². The molecule has 1 aromatic carbocycles. The van der Waals surface area contributed by atoms with Crippen molar-refractivity contribution >= 4 is 61.5 Å². The van der Waals surface area contributed by atoms with Crippen molar-refractivity contribution in [1.29, 1.82) is 0 Å². The molecule has 164 valence electrons. The first-order valence-corrected chi connectivity index (χ1v) is 13.2. The zero-order chi connectivity index (χ0) is 20.3. The molecule has 0 radical (unpaired) electrons. The molecule has 0 saturated heterocycles. The van der Waals surface area contributed by atoms with Crippen molar-refractivity contribution in [1.82, 2.24) is 0 Å². The molecule has 1 rings (SSSR count). The molecule has 0 unspecified atom stereocenters. The second-order valence-corrected chi connectivity index (χ2v) is 9.65. The number of unbranched alkanes of at least 4 members (excludes halogenated alkanes) is 15. The van der Waals surface area contributed by atoms with Gasteiger partial charge in [0, 0.05) is 0 Å². The van der Waals surface area contributed by atoms with Crippen LogP contribution in [0.5, 0.6) is 5.75 Å². The zero-order valence-electron chi connectivity index (χ0n) is 18.0. The van der Waals surface area contributed by atoms with Crippen LogP contribution in [0.2, 0.25) is 0 Å². The van der Waals surface area contributed by atoms with Crippen molar-refractivity contribution < 1.29 is 12.6 Å². The van der Waals surface area contributed by atoms with Crippen LogP contribution >= 0.6 is 0 Å². The fraction of sp³-hybridized carbons (Fsp3) is 0.750. The molecule has 0 N–H and O–H groups in total. The summed E-state index contributed by atoms with van der Waals surface area (Å²) in [4.78, 5) is 0. The molecule has 1 aromatic rings. The molecule has 0 bridgehead atoms.